The average molecular weight is 283 g/mol. The summed E-state index contributed by atoms with van der Waals surface area (Å²) in [6.45, 7) is 6.79. The number of hydrogen-bond donors (Lipinski definition) is 1. The Hall–Kier alpha value is -1.01. The molecule has 1 heterocycles. The lowest BCUT2D eigenvalue weighted by Crippen LogP contribution is -2.40. The molecule has 0 aliphatic heterocycles. The van der Waals surface area contributed by atoms with Gasteiger partial charge in [-0.15, -0.1) is 0 Å². The summed E-state index contributed by atoms with van der Waals surface area (Å²) in [5.74, 6) is 0.558. The van der Waals surface area contributed by atoms with E-state index in [1.807, 2.05) is 0 Å². The molecule has 0 saturated heterocycles. The Morgan fingerprint density at radius 2 is 1.89 bits per heavy atom. The van der Waals surface area contributed by atoms with Crippen LogP contribution in [0.4, 0.5) is 0 Å². The number of nitrogens with zero attached hydrogens (tertiary/aromatic N) is 2. The molecule has 1 aliphatic rings. The second kappa shape index (κ2) is 4.83. The van der Waals surface area contributed by atoms with Crippen molar-refractivity contribution in [3.8, 4) is 0 Å². The third-order valence-electron chi connectivity index (χ3n) is 3.27. The molecule has 1 saturated carbocycles. The molecular formula is C13H21N3O2S. The summed E-state index contributed by atoms with van der Waals surface area (Å²) in [4.78, 5) is 8.67. The molecule has 0 bridgehead atoms. The summed E-state index contributed by atoms with van der Waals surface area (Å²) in [5.41, 5.74) is 1.66. The van der Waals surface area contributed by atoms with Gasteiger partial charge in [0.25, 0.3) is 0 Å². The van der Waals surface area contributed by atoms with Crippen LogP contribution in [0, 0.1) is 0 Å². The van der Waals surface area contributed by atoms with Gasteiger partial charge in [0, 0.05) is 12.1 Å². The van der Waals surface area contributed by atoms with E-state index in [9.17, 15) is 8.42 Å². The minimum atomic E-state index is -3.38. The van der Waals surface area contributed by atoms with Crippen molar-refractivity contribution in [1.29, 1.82) is 0 Å². The molecule has 19 heavy (non-hydrogen) atoms. The Morgan fingerprint density at radius 3 is 2.32 bits per heavy atom. The number of nitrogens with one attached hydrogen (secondary N) is 1. The molecule has 1 N–H and O–H groups in total. The zero-order valence-electron chi connectivity index (χ0n) is 11.8. The number of hydrogen-bond acceptors (Lipinski definition) is 4. The normalized spacial score (nSPS) is 18.3. The van der Waals surface area contributed by atoms with Gasteiger partial charge in [-0.25, -0.2) is 13.1 Å². The molecule has 5 nitrogen and oxygen atoms in total. The van der Waals surface area contributed by atoms with Crippen LogP contribution in [0.3, 0.4) is 0 Å². The van der Waals surface area contributed by atoms with Crippen LogP contribution in [0.15, 0.2) is 12.4 Å². The molecule has 0 aromatic carbocycles. The van der Waals surface area contributed by atoms with Crippen LogP contribution in [0.2, 0.25) is 0 Å². The summed E-state index contributed by atoms with van der Waals surface area (Å²) in [5, 5.41) is 0. The van der Waals surface area contributed by atoms with Crippen molar-refractivity contribution in [3.05, 3.63) is 23.8 Å². The second-order valence-corrected chi connectivity index (χ2v) is 8.56. The predicted octanol–water partition coefficient (Wildman–Crippen LogP) is 2.13. The van der Waals surface area contributed by atoms with Crippen molar-refractivity contribution >= 4 is 10.0 Å². The molecule has 2 rings (SSSR count). The van der Waals surface area contributed by atoms with Gasteiger partial charge in [-0.2, -0.15) is 0 Å². The second-order valence-electron chi connectivity index (χ2n) is 6.10. The topological polar surface area (TPSA) is 72.0 Å². The first-order valence-electron chi connectivity index (χ1n) is 6.54. The van der Waals surface area contributed by atoms with Crippen LogP contribution in [0.5, 0.6) is 0 Å². The van der Waals surface area contributed by atoms with E-state index >= 15 is 0 Å². The summed E-state index contributed by atoms with van der Waals surface area (Å²) >= 11 is 0. The highest BCUT2D eigenvalue weighted by Crippen LogP contribution is 2.38. The van der Waals surface area contributed by atoms with E-state index < -0.39 is 14.8 Å². The predicted molar refractivity (Wildman–Crippen MR) is 74.2 cm³/mol. The lowest BCUT2D eigenvalue weighted by atomic mass is 10.2. The van der Waals surface area contributed by atoms with Gasteiger partial charge in [0.2, 0.25) is 10.0 Å². The SMILES string of the molecule is CC(NS(=O)(=O)C(C)(C)C)c1cnc(C2CC2)cn1. The van der Waals surface area contributed by atoms with Crippen molar-refractivity contribution in [2.24, 2.45) is 0 Å². The van der Waals surface area contributed by atoms with Gasteiger partial charge >= 0.3 is 0 Å². The van der Waals surface area contributed by atoms with Crippen molar-refractivity contribution in [2.45, 2.75) is 57.2 Å². The van der Waals surface area contributed by atoms with E-state index in [0.717, 1.165) is 5.69 Å². The first kappa shape index (κ1) is 14.4. The zero-order chi connectivity index (χ0) is 14.3. The standard InChI is InChI=1S/C13H21N3O2S/c1-9(16-19(17,18)13(2,3)4)11-7-15-12(8-14-11)10-5-6-10/h7-10,16H,5-6H2,1-4H3. The third-order valence-corrected chi connectivity index (χ3v) is 5.55. The van der Waals surface area contributed by atoms with Crippen LogP contribution in [0.25, 0.3) is 0 Å². The molecule has 0 spiro atoms. The zero-order valence-corrected chi connectivity index (χ0v) is 12.7. The van der Waals surface area contributed by atoms with E-state index in [1.165, 1.54) is 12.8 Å². The maximum Gasteiger partial charge on any atom is 0.217 e. The van der Waals surface area contributed by atoms with E-state index in [0.29, 0.717) is 11.6 Å². The smallest absolute Gasteiger partial charge is 0.217 e. The fourth-order valence-electron chi connectivity index (χ4n) is 1.63. The highest BCUT2D eigenvalue weighted by molar-refractivity contribution is 7.90. The van der Waals surface area contributed by atoms with E-state index in [-0.39, 0.29) is 6.04 Å². The van der Waals surface area contributed by atoms with Crippen molar-refractivity contribution in [3.63, 3.8) is 0 Å². The fraction of sp³-hybridized carbons (Fsp3) is 0.692. The van der Waals surface area contributed by atoms with Crippen LogP contribution >= 0.6 is 0 Å². The number of sulfonamides is 1. The van der Waals surface area contributed by atoms with Gasteiger partial charge in [0.1, 0.15) is 0 Å². The van der Waals surface area contributed by atoms with Crippen molar-refractivity contribution < 1.29 is 8.42 Å². The quantitative estimate of drug-likeness (QED) is 0.919. The van der Waals surface area contributed by atoms with E-state index in [4.69, 9.17) is 0 Å². The maximum atomic E-state index is 12.1. The number of aromatic nitrogens is 2. The van der Waals surface area contributed by atoms with Gasteiger partial charge in [0.15, 0.2) is 0 Å². The molecule has 1 aromatic rings. The van der Waals surface area contributed by atoms with E-state index in [1.54, 1.807) is 40.1 Å². The largest absolute Gasteiger partial charge is 0.257 e. The molecule has 1 aliphatic carbocycles. The fourth-order valence-corrected chi connectivity index (χ4v) is 2.57. The van der Waals surface area contributed by atoms with Crippen molar-refractivity contribution in [2.75, 3.05) is 0 Å². The van der Waals surface area contributed by atoms with Crippen LogP contribution in [-0.4, -0.2) is 23.1 Å². The first-order chi connectivity index (χ1) is 8.71. The van der Waals surface area contributed by atoms with Crippen LogP contribution in [0.1, 0.15) is 63.9 Å². The van der Waals surface area contributed by atoms with Gasteiger partial charge in [0.05, 0.1) is 28.4 Å². The highest BCUT2D eigenvalue weighted by Gasteiger charge is 2.31. The Labute approximate surface area is 114 Å². The van der Waals surface area contributed by atoms with Crippen LogP contribution < -0.4 is 4.72 Å². The summed E-state index contributed by atoms with van der Waals surface area (Å²) in [6.07, 6.45) is 5.79. The molecule has 1 fully saturated rings. The molecule has 1 atom stereocenters. The van der Waals surface area contributed by atoms with Gasteiger partial charge in [-0.3, -0.25) is 9.97 Å². The van der Waals surface area contributed by atoms with Crippen LogP contribution in [-0.2, 0) is 10.0 Å². The number of rotatable bonds is 4. The molecule has 0 radical (unpaired) electrons. The van der Waals surface area contributed by atoms with Crippen molar-refractivity contribution in [1.82, 2.24) is 14.7 Å². The molecule has 1 unspecified atom stereocenters. The molecule has 0 amide bonds. The molecule has 6 heteroatoms. The third kappa shape index (κ3) is 3.30. The summed E-state index contributed by atoms with van der Waals surface area (Å²) in [6, 6.07) is -0.370. The Balaban J connectivity index is 2.09. The summed E-state index contributed by atoms with van der Waals surface area (Å²) in [7, 11) is -3.38. The maximum absolute atomic E-state index is 12.1. The first-order valence-corrected chi connectivity index (χ1v) is 8.03. The van der Waals surface area contributed by atoms with E-state index in [2.05, 4.69) is 14.7 Å². The Bertz CT molecular complexity index is 542. The highest BCUT2D eigenvalue weighted by atomic mass is 32.2. The monoisotopic (exact) mass is 283 g/mol. The molecule has 1 aromatic heterocycles. The van der Waals surface area contributed by atoms with Gasteiger partial charge < -0.3 is 0 Å². The van der Waals surface area contributed by atoms with Gasteiger partial charge in [-0.1, -0.05) is 0 Å². The average Bonchev–Trinajstić information content (AvgIpc) is 3.11. The molecular weight excluding hydrogens is 262 g/mol. The Kier molecular flexibility index (Phi) is 3.66. The minimum absolute atomic E-state index is 0.370. The summed E-state index contributed by atoms with van der Waals surface area (Å²) < 4.78 is 25.9. The minimum Gasteiger partial charge on any atom is -0.257 e. The molecule has 106 valence electrons. The lowest BCUT2D eigenvalue weighted by Gasteiger charge is -2.22. The lowest BCUT2D eigenvalue weighted by molar-refractivity contribution is 0.529. The Morgan fingerprint density at radius 1 is 1.26 bits per heavy atom. The van der Waals surface area contributed by atoms with Gasteiger partial charge in [-0.05, 0) is 40.5 Å².